The molecule has 4 heterocycles. The van der Waals surface area contributed by atoms with Crippen LogP contribution in [-0.2, 0) is 7.05 Å². The Balaban J connectivity index is 1.57. The standard InChI is InChI=1S/C26H31N7O3/c1-17(2)33(11-6-12-34)26-28-15-21(25(31-26)35-5)22-7-8-24(18(3)30-22)36-20-9-10-27-23(13-20)19-14-29-32(4)16-19/h7-10,13-17,34H,6,11-12H2,1-5H3. The third-order valence-electron chi connectivity index (χ3n) is 5.64. The minimum Gasteiger partial charge on any atom is -0.480 e. The molecule has 0 fully saturated rings. The lowest BCUT2D eigenvalue weighted by atomic mass is 10.2. The first-order valence-corrected chi connectivity index (χ1v) is 11.8. The number of methoxy groups -OCH3 is 1. The van der Waals surface area contributed by atoms with Gasteiger partial charge in [0.2, 0.25) is 11.8 Å². The van der Waals surface area contributed by atoms with E-state index in [1.165, 1.54) is 0 Å². The molecule has 0 saturated carbocycles. The average molecular weight is 490 g/mol. The maximum absolute atomic E-state index is 9.23. The van der Waals surface area contributed by atoms with E-state index in [0.717, 1.165) is 11.3 Å². The van der Waals surface area contributed by atoms with Gasteiger partial charge in [-0.3, -0.25) is 9.67 Å². The van der Waals surface area contributed by atoms with E-state index in [4.69, 9.17) is 14.5 Å². The van der Waals surface area contributed by atoms with Gasteiger partial charge in [-0.2, -0.15) is 10.1 Å². The van der Waals surface area contributed by atoms with E-state index < -0.39 is 0 Å². The Labute approximate surface area is 210 Å². The van der Waals surface area contributed by atoms with Crippen LogP contribution >= 0.6 is 0 Å². The van der Waals surface area contributed by atoms with E-state index in [9.17, 15) is 5.11 Å². The summed E-state index contributed by atoms with van der Waals surface area (Å²) in [7, 11) is 3.45. The summed E-state index contributed by atoms with van der Waals surface area (Å²) in [4.78, 5) is 20.4. The molecule has 0 amide bonds. The smallest absolute Gasteiger partial charge is 0.228 e. The fraction of sp³-hybridized carbons (Fsp3) is 0.346. The Morgan fingerprint density at radius 2 is 1.92 bits per heavy atom. The Morgan fingerprint density at radius 3 is 2.58 bits per heavy atom. The van der Waals surface area contributed by atoms with Crippen LogP contribution in [0.1, 0.15) is 26.0 Å². The van der Waals surface area contributed by atoms with Crippen molar-refractivity contribution in [1.82, 2.24) is 29.7 Å². The van der Waals surface area contributed by atoms with E-state index in [1.54, 1.807) is 36.4 Å². The van der Waals surface area contributed by atoms with Gasteiger partial charge in [0, 0.05) is 56.5 Å². The second-order valence-electron chi connectivity index (χ2n) is 8.62. The number of ether oxygens (including phenoxy) is 2. The minimum atomic E-state index is 0.111. The quantitative estimate of drug-likeness (QED) is 0.353. The normalized spacial score (nSPS) is 11.1. The van der Waals surface area contributed by atoms with Gasteiger partial charge in [0.15, 0.2) is 0 Å². The van der Waals surface area contributed by atoms with Gasteiger partial charge in [0.05, 0.1) is 36.0 Å². The van der Waals surface area contributed by atoms with Gasteiger partial charge in [-0.25, -0.2) is 9.97 Å². The van der Waals surface area contributed by atoms with Gasteiger partial charge in [-0.15, -0.1) is 0 Å². The highest BCUT2D eigenvalue weighted by Gasteiger charge is 2.18. The van der Waals surface area contributed by atoms with Gasteiger partial charge in [-0.1, -0.05) is 0 Å². The molecule has 0 unspecified atom stereocenters. The van der Waals surface area contributed by atoms with Crippen LogP contribution in [-0.4, -0.2) is 61.1 Å². The third-order valence-corrected chi connectivity index (χ3v) is 5.64. The van der Waals surface area contributed by atoms with Crippen molar-refractivity contribution in [1.29, 1.82) is 0 Å². The van der Waals surface area contributed by atoms with Crippen molar-refractivity contribution in [3.05, 3.63) is 54.7 Å². The van der Waals surface area contributed by atoms with E-state index in [0.29, 0.717) is 53.2 Å². The molecule has 10 nitrogen and oxygen atoms in total. The van der Waals surface area contributed by atoms with Gasteiger partial charge in [0.25, 0.3) is 0 Å². The Bertz CT molecular complexity index is 1320. The number of hydrogen-bond donors (Lipinski definition) is 1. The molecule has 4 aromatic rings. The minimum absolute atomic E-state index is 0.111. The Morgan fingerprint density at radius 1 is 1.08 bits per heavy atom. The van der Waals surface area contributed by atoms with Crippen molar-refractivity contribution in [2.45, 2.75) is 33.2 Å². The van der Waals surface area contributed by atoms with Gasteiger partial charge >= 0.3 is 0 Å². The first-order valence-electron chi connectivity index (χ1n) is 11.8. The first-order chi connectivity index (χ1) is 17.4. The molecule has 4 rings (SSSR count). The molecular formula is C26H31N7O3. The lowest BCUT2D eigenvalue weighted by Gasteiger charge is -2.26. The predicted molar refractivity (Wildman–Crippen MR) is 137 cm³/mol. The molecule has 4 aromatic heterocycles. The zero-order valence-corrected chi connectivity index (χ0v) is 21.2. The maximum atomic E-state index is 9.23. The third kappa shape index (κ3) is 5.60. The molecule has 1 N–H and O–H groups in total. The summed E-state index contributed by atoms with van der Waals surface area (Å²) >= 11 is 0. The highest BCUT2D eigenvalue weighted by molar-refractivity contribution is 5.66. The number of pyridine rings is 2. The summed E-state index contributed by atoms with van der Waals surface area (Å²) in [6, 6.07) is 7.59. The Kier molecular flexibility index (Phi) is 7.74. The molecule has 0 spiro atoms. The van der Waals surface area contributed by atoms with Crippen molar-refractivity contribution >= 4 is 5.95 Å². The van der Waals surface area contributed by atoms with Crippen LogP contribution in [0.25, 0.3) is 22.5 Å². The number of aliphatic hydroxyl groups is 1. The van der Waals surface area contributed by atoms with Crippen LogP contribution in [0.5, 0.6) is 17.4 Å². The van der Waals surface area contributed by atoms with Crippen molar-refractivity contribution < 1.29 is 14.6 Å². The van der Waals surface area contributed by atoms with Crippen LogP contribution in [0.2, 0.25) is 0 Å². The van der Waals surface area contributed by atoms with E-state index in [-0.39, 0.29) is 12.6 Å². The SMILES string of the molecule is COc1nc(N(CCCO)C(C)C)ncc1-c1ccc(Oc2ccnc(-c3cnn(C)c3)c2)c(C)n1. The summed E-state index contributed by atoms with van der Waals surface area (Å²) in [5, 5.41) is 13.4. The number of aliphatic hydroxyl groups excluding tert-OH is 1. The number of anilines is 1. The number of aromatic nitrogens is 6. The Hall–Kier alpha value is -4.05. The molecule has 0 aliphatic rings. The lowest BCUT2D eigenvalue weighted by molar-refractivity contribution is 0.288. The molecule has 0 aromatic carbocycles. The fourth-order valence-corrected chi connectivity index (χ4v) is 3.78. The van der Waals surface area contributed by atoms with Crippen LogP contribution in [0.3, 0.4) is 0 Å². The molecule has 188 valence electrons. The van der Waals surface area contributed by atoms with Crippen LogP contribution in [0, 0.1) is 6.92 Å². The van der Waals surface area contributed by atoms with Crippen molar-refractivity contribution in [3.8, 4) is 39.9 Å². The molecule has 10 heteroatoms. The first kappa shape index (κ1) is 25.1. The number of rotatable bonds is 10. The highest BCUT2D eigenvalue weighted by atomic mass is 16.5. The predicted octanol–water partition coefficient (Wildman–Crippen LogP) is 4.04. The summed E-state index contributed by atoms with van der Waals surface area (Å²) < 4.78 is 13.4. The molecule has 0 saturated heterocycles. The summed E-state index contributed by atoms with van der Waals surface area (Å²) in [5.41, 5.74) is 3.77. The maximum Gasteiger partial charge on any atom is 0.228 e. The average Bonchev–Trinajstić information content (AvgIpc) is 3.31. The zero-order chi connectivity index (χ0) is 25.7. The number of nitrogens with zero attached hydrogens (tertiary/aromatic N) is 7. The second-order valence-corrected chi connectivity index (χ2v) is 8.62. The molecule has 0 atom stereocenters. The monoisotopic (exact) mass is 489 g/mol. The van der Waals surface area contributed by atoms with Crippen molar-refractivity contribution in [3.63, 3.8) is 0 Å². The van der Waals surface area contributed by atoms with E-state index in [2.05, 4.69) is 33.9 Å². The lowest BCUT2D eigenvalue weighted by Crippen LogP contribution is -2.33. The van der Waals surface area contributed by atoms with E-state index >= 15 is 0 Å². The van der Waals surface area contributed by atoms with Crippen LogP contribution < -0.4 is 14.4 Å². The molecular weight excluding hydrogens is 458 g/mol. The zero-order valence-electron chi connectivity index (χ0n) is 21.2. The summed E-state index contributed by atoms with van der Waals surface area (Å²) in [5.74, 6) is 2.28. The van der Waals surface area contributed by atoms with Crippen molar-refractivity contribution in [2.75, 3.05) is 25.2 Å². The van der Waals surface area contributed by atoms with Crippen molar-refractivity contribution in [2.24, 2.45) is 7.05 Å². The molecule has 36 heavy (non-hydrogen) atoms. The van der Waals surface area contributed by atoms with Gasteiger partial charge in [-0.05, 0) is 45.4 Å². The van der Waals surface area contributed by atoms with Gasteiger partial charge in [0.1, 0.15) is 11.5 Å². The number of hydrogen-bond acceptors (Lipinski definition) is 9. The van der Waals surface area contributed by atoms with Crippen LogP contribution in [0.4, 0.5) is 5.95 Å². The molecule has 0 aliphatic carbocycles. The second kappa shape index (κ2) is 11.1. The highest BCUT2D eigenvalue weighted by Crippen LogP contribution is 2.32. The molecule has 0 aliphatic heterocycles. The topological polar surface area (TPSA) is 111 Å². The van der Waals surface area contributed by atoms with E-state index in [1.807, 2.05) is 43.3 Å². The van der Waals surface area contributed by atoms with Gasteiger partial charge < -0.3 is 19.5 Å². The molecule has 0 bridgehead atoms. The summed E-state index contributed by atoms with van der Waals surface area (Å²) in [6.07, 6.45) is 7.73. The van der Waals surface area contributed by atoms with Crippen LogP contribution in [0.15, 0.2) is 49.1 Å². The largest absolute Gasteiger partial charge is 0.480 e. The number of aryl methyl sites for hydroxylation is 2. The fourth-order valence-electron chi connectivity index (χ4n) is 3.78. The molecule has 0 radical (unpaired) electrons. The summed E-state index contributed by atoms with van der Waals surface area (Å²) in [6.45, 7) is 6.78.